The Morgan fingerprint density at radius 1 is 1.00 bits per heavy atom. The highest BCUT2D eigenvalue weighted by atomic mass is 15.1. The van der Waals surface area contributed by atoms with Gasteiger partial charge in [0.05, 0.1) is 22.9 Å². The highest BCUT2D eigenvalue weighted by Crippen LogP contribution is 2.34. The number of fused-ring (bicyclic) bond motifs is 2. The summed E-state index contributed by atoms with van der Waals surface area (Å²) in [5.74, 6) is 0. The lowest BCUT2D eigenvalue weighted by molar-refractivity contribution is 0.478. The smallest absolute Gasteiger partial charge is 0.116 e. The molecule has 0 amide bonds. The van der Waals surface area contributed by atoms with E-state index in [1.54, 1.807) is 6.20 Å². The number of aromatic nitrogens is 5. The van der Waals surface area contributed by atoms with Crippen LogP contribution in [0.1, 0.15) is 33.3 Å². The first kappa shape index (κ1) is 25.0. The molecule has 0 aliphatic carbocycles. The van der Waals surface area contributed by atoms with Crippen molar-refractivity contribution in [1.82, 2.24) is 30.5 Å². The Kier molecular flexibility index (Phi) is 6.55. The van der Waals surface area contributed by atoms with Crippen LogP contribution >= 0.6 is 0 Å². The molecule has 0 bridgehead atoms. The molecule has 6 heteroatoms. The lowest BCUT2D eigenvalue weighted by atomic mass is 9.92. The SMILES string of the molecule is C=C/C(=C\C(=C/C)c1ccc2[nH]nc(-c3cc4c(-c5cccnc5)cncc4[nH]3)c2c1)NC(=C)C(C)(C)C. The third-order valence-electron chi connectivity index (χ3n) is 6.71. The van der Waals surface area contributed by atoms with E-state index in [1.807, 2.05) is 43.7 Å². The van der Waals surface area contributed by atoms with E-state index in [-0.39, 0.29) is 5.41 Å². The van der Waals surface area contributed by atoms with Gasteiger partial charge in [-0.25, -0.2) is 0 Å². The minimum atomic E-state index is -0.0607. The van der Waals surface area contributed by atoms with Gasteiger partial charge in [0.15, 0.2) is 0 Å². The number of H-pyrrole nitrogens is 2. The normalized spacial score (nSPS) is 12.7. The second-order valence-electron chi connectivity index (χ2n) is 10.3. The Morgan fingerprint density at radius 3 is 2.55 bits per heavy atom. The van der Waals surface area contributed by atoms with Gasteiger partial charge in [-0.1, -0.05) is 52.1 Å². The van der Waals surface area contributed by atoms with E-state index in [1.165, 1.54) is 0 Å². The van der Waals surface area contributed by atoms with Gasteiger partial charge < -0.3 is 10.3 Å². The highest BCUT2D eigenvalue weighted by molar-refractivity contribution is 6.01. The molecule has 4 aromatic heterocycles. The molecule has 0 unspecified atom stereocenters. The zero-order valence-corrected chi connectivity index (χ0v) is 22.3. The van der Waals surface area contributed by atoms with E-state index in [4.69, 9.17) is 0 Å². The number of aromatic amines is 2. The summed E-state index contributed by atoms with van der Waals surface area (Å²) in [6.45, 7) is 16.6. The van der Waals surface area contributed by atoms with Crippen LogP contribution in [0.15, 0.2) is 104 Å². The van der Waals surface area contributed by atoms with E-state index in [2.05, 4.69) is 101 Å². The fourth-order valence-corrected chi connectivity index (χ4v) is 4.34. The van der Waals surface area contributed by atoms with Gasteiger partial charge in [0.2, 0.25) is 0 Å². The van der Waals surface area contributed by atoms with Gasteiger partial charge >= 0.3 is 0 Å². The molecule has 0 saturated carbocycles. The highest BCUT2D eigenvalue weighted by Gasteiger charge is 2.17. The number of allylic oxidation sites excluding steroid dienone is 5. The Hall–Kier alpha value is -4.71. The monoisotopic (exact) mass is 500 g/mol. The van der Waals surface area contributed by atoms with Gasteiger partial charge in [-0.15, -0.1) is 0 Å². The van der Waals surface area contributed by atoms with Crippen molar-refractivity contribution in [2.45, 2.75) is 27.7 Å². The van der Waals surface area contributed by atoms with Gasteiger partial charge in [0.1, 0.15) is 5.69 Å². The van der Waals surface area contributed by atoms with Crippen molar-refractivity contribution in [3.8, 4) is 22.5 Å². The van der Waals surface area contributed by atoms with Crippen LogP contribution in [0.2, 0.25) is 0 Å². The van der Waals surface area contributed by atoms with E-state index < -0.39 is 0 Å². The van der Waals surface area contributed by atoms with Crippen LogP contribution < -0.4 is 5.32 Å². The summed E-state index contributed by atoms with van der Waals surface area (Å²) >= 11 is 0. The molecule has 0 saturated heterocycles. The maximum atomic E-state index is 4.67. The molecule has 190 valence electrons. The third-order valence-corrected chi connectivity index (χ3v) is 6.71. The summed E-state index contributed by atoms with van der Waals surface area (Å²) < 4.78 is 0. The van der Waals surface area contributed by atoms with Crippen molar-refractivity contribution in [2.24, 2.45) is 5.41 Å². The third kappa shape index (κ3) is 4.81. The van der Waals surface area contributed by atoms with Crippen molar-refractivity contribution in [3.63, 3.8) is 0 Å². The number of rotatable bonds is 7. The number of benzene rings is 1. The molecule has 0 spiro atoms. The lowest BCUT2D eigenvalue weighted by Crippen LogP contribution is -2.22. The summed E-state index contributed by atoms with van der Waals surface area (Å²) in [5, 5.41) is 13.4. The van der Waals surface area contributed by atoms with Crippen LogP contribution in [-0.4, -0.2) is 25.1 Å². The lowest BCUT2D eigenvalue weighted by Gasteiger charge is -2.24. The number of hydrogen-bond donors (Lipinski definition) is 3. The van der Waals surface area contributed by atoms with Gasteiger partial charge in [0.25, 0.3) is 0 Å². The van der Waals surface area contributed by atoms with E-state index in [9.17, 15) is 0 Å². The number of hydrogen-bond acceptors (Lipinski definition) is 4. The van der Waals surface area contributed by atoms with Crippen LogP contribution in [0, 0.1) is 5.41 Å². The van der Waals surface area contributed by atoms with Crippen molar-refractivity contribution < 1.29 is 0 Å². The molecule has 3 N–H and O–H groups in total. The minimum Gasteiger partial charge on any atom is -0.359 e. The molecule has 5 aromatic rings. The predicted octanol–water partition coefficient (Wildman–Crippen LogP) is 7.79. The fourth-order valence-electron chi connectivity index (χ4n) is 4.34. The topological polar surface area (TPSA) is 82.3 Å². The molecule has 0 fully saturated rings. The Morgan fingerprint density at radius 2 is 1.84 bits per heavy atom. The van der Waals surface area contributed by atoms with Crippen LogP contribution in [0.25, 0.3) is 49.9 Å². The van der Waals surface area contributed by atoms with Crippen molar-refractivity contribution in [3.05, 3.63) is 110 Å². The second-order valence-corrected chi connectivity index (χ2v) is 10.3. The number of pyridine rings is 2. The molecule has 5 rings (SSSR count). The molecular formula is C32H32N6. The second kappa shape index (κ2) is 9.98. The molecule has 0 radical (unpaired) electrons. The summed E-state index contributed by atoms with van der Waals surface area (Å²) in [4.78, 5) is 12.2. The standard InChI is InChI=1S/C32H32N6/c1-7-21(14-24(8-2)35-20(3)32(4,5)6)22-11-12-28-26(15-22)31(38-37-28)29-16-25-27(18-34-19-30(25)36-29)23-10-9-13-33-17-23/h7-19,35-36H,2-3H2,1,4-6H3,(H,37,38)/b21-7+,24-14+. The van der Waals surface area contributed by atoms with Crippen LogP contribution in [0.4, 0.5) is 0 Å². The Balaban J connectivity index is 1.55. The van der Waals surface area contributed by atoms with E-state index in [0.29, 0.717) is 0 Å². The first-order valence-electron chi connectivity index (χ1n) is 12.6. The Labute approximate surface area is 222 Å². The number of nitrogens with one attached hydrogen (secondary N) is 3. The molecule has 38 heavy (non-hydrogen) atoms. The zero-order chi connectivity index (χ0) is 26.9. The average Bonchev–Trinajstić information content (AvgIpc) is 3.54. The quantitative estimate of drug-likeness (QED) is 0.199. The molecule has 6 nitrogen and oxygen atoms in total. The fraction of sp³-hybridized carbons (Fsp3) is 0.156. The molecule has 0 aliphatic rings. The van der Waals surface area contributed by atoms with Gasteiger partial charge in [-0.2, -0.15) is 5.10 Å². The predicted molar refractivity (Wildman–Crippen MR) is 158 cm³/mol. The molecule has 1 aromatic carbocycles. The summed E-state index contributed by atoms with van der Waals surface area (Å²) in [6.07, 6.45) is 13.4. The van der Waals surface area contributed by atoms with Crippen LogP contribution in [0.5, 0.6) is 0 Å². The first-order chi connectivity index (χ1) is 18.3. The van der Waals surface area contributed by atoms with Gasteiger partial charge in [0, 0.05) is 57.3 Å². The minimum absolute atomic E-state index is 0.0607. The van der Waals surface area contributed by atoms with Gasteiger partial charge in [-0.3, -0.25) is 15.1 Å². The van der Waals surface area contributed by atoms with Crippen LogP contribution in [-0.2, 0) is 0 Å². The molecule has 4 heterocycles. The summed E-state index contributed by atoms with van der Waals surface area (Å²) in [6, 6.07) is 12.5. The maximum Gasteiger partial charge on any atom is 0.116 e. The van der Waals surface area contributed by atoms with Crippen molar-refractivity contribution in [2.75, 3.05) is 0 Å². The van der Waals surface area contributed by atoms with E-state index >= 15 is 0 Å². The molecule has 0 aliphatic heterocycles. The summed E-state index contributed by atoms with van der Waals surface area (Å²) in [7, 11) is 0. The maximum absolute atomic E-state index is 4.67. The molecular weight excluding hydrogens is 468 g/mol. The zero-order valence-electron chi connectivity index (χ0n) is 22.3. The van der Waals surface area contributed by atoms with Crippen LogP contribution in [0.3, 0.4) is 0 Å². The van der Waals surface area contributed by atoms with E-state index in [0.717, 1.165) is 66.9 Å². The average molecular weight is 501 g/mol. The number of nitrogens with zero attached hydrogens (tertiary/aromatic N) is 3. The Bertz CT molecular complexity index is 1710. The van der Waals surface area contributed by atoms with Crippen molar-refractivity contribution in [1.29, 1.82) is 0 Å². The summed E-state index contributed by atoms with van der Waals surface area (Å²) in [5.41, 5.74) is 9.68. The first-order valence-corrected chi connectivity index (χ1v) is 12.6. The molecule has 0 atom stereocenters. The largest absolute Gasteiger partial charge is 0.359 e. The van der Waals surface area contributed by atoms with Crippen molar-refractivity contribution >= 4 is 27.4 Å². The van der Waals surface area contributed by atoms with Gasteiger partial charge in [-0.05, 0) is 54.5 Å².